The summed E-state index contributed by atoms with van der Waals surface area (Å²) < 4.78 is 12.7. The number of halogens is 1. The molecule has 0 radical (unpaired) electrons. The van der Waals surface area contributed by atoms with Gasteiger partial charge in [0.2, 0.25) is 0 Å². The van der Waals surface area contributed by atoms with E-state index >= 15 is 0 Å². The van der Waals surface area contributed by atoms with E-state index in [4.69, 9.17) is 0 Å². The summed E-state index contributed by atoms with van der Waals surface area (Å²) in [5.41, 5.74) is 4.33. The van der Waals surface area contributed by atoms with Gasteiger partial charge in [-0.15, -0.1) is 0 Å². The van der Waals surface area contributed by atoms with Crippen molar-refractivity contribution in [2.75, 3.05) is 19.6 Å². The average Bonchev–Trinajstić information content (AvgIpc) is 2.27. The Morgan fingerprint density at radius 1 is 1.29 bits per heavy atom. The second-order valence-corrected chi connectivity index (χ2v) is 4.72. The van der Waals surface area contributed by atoms with E-state index in [9.17, 15) is 4.39 Å². The van der Waals surface area contributed by atoms with E-state index in [0.717, 1.165) is 28.8 Å². The van der Waals surface area contributed by atoms with Gasteiger partial charge in [0, 0.05) is 19.6 Å². The zero-order valence-corrected chi connectivity index (χ0v) is 10.2. The molecule has 1 aromatic carbocycles. The van der Waals surface area contributed by atoms with Gasteiger partial charge in [0.25, 0.3) is 0 Å². The Bertz CT molecular complexity index is 444. The number of rotatable bonds is 4. The molecule has 0 saturated carbocycles. The summed E-state index contributed by atoms with van der Waals surface area (Å²) in [6.07, 6.45) is -0.654. The highest BCUT2D eigenvalue weighted by molar-refractivity contribution is 5.77. The van der Waals surface area contributed by atoms with E-state index in [-0.39, 0.29) is 0 Å². The average molecular weight is 231 g/mol. The zero-order valence-electron chi connectivity index (χ0n) is 10.2. The Kier molecular flexibility index (Phi) is 3.43. The van der Waals surface area contributed by atoms with Gasteiger partial charge in [0.1, 0.15) is 6.17 Å². The van der Waals surface area contributed by atoms with Crippen LogP contribution in [0.25, 0.3) is 11.1 Å². The minimum Gasteiger partial charge on any atom is -0.293 e. The predicted molar refractivity (Wildman–Crippen MR) is 71.5 cm³/mol. The number of hydrogen-bond acceptors (Lipinski definition) is 1. The van der Waals surface area contributed by atoms with Crippen molar-refractivity contribution in [3.63, 3.8) is 0 Å². The third-order valence-electron chi connectivity index (χ3n) is 3.09. The first-order valence-corrected chi connectivity index (χ1v) is 5.87. The van der Waals surface area contributed by atoms with E-state index in [1.54, 1.807) is 0 Å². The van der Waals surface area contributed by atoms with Crippen molar-refractivity contribution in [3.8, 4) is 0 Å². The first-order chi connectivity index (χ1) is 8.08. The van der Waals surface area contributed by atoms with Crippen LogP contribution in [0, 0.1) is 0 Å². The fourth-order valence-electron chi connectivity index (χ4n) is 2.15. The Labute approximate surface area is 102 Å². The molecule has 1 aliphatic rings. The van der Waals surface area contributed by atoms with Crippen LogP contribution in [0.4, 0.5) is 4.39 Å². The molecule has 1 nitrogen and oxygen atoms in total. The lowest BCUT2D eigenvalue weighted by molar-refractivity contribution is 0.0792. The van der Waals surface area contributed by atoms with Crippen molar-refractivity contribution in [2.45, 2.75) is 13.1 Å². The summed E-state index contributed by atoms with van der Waals surface area (Å²) >= 11 is 0. The van der Waals surface area contributed by atoms with E-state index in [2.05, 4.69) is 30.2 Å². The van der Waals surface area contributed by atoms with Gasteiger partial charge in [-0.05, 0) is 23.6 Å². The molecule has 1 aliphatic heterocycles. The molecule has 0 atom stereocenters. The molecule has 1 saturated heterocycles. The van der Waals surface area contributed by atoms with E-state index in [1.807, 2.05) is 19.1 Å². The molecule has 2 heteroatoms. The maximum absolute atomic E-state index is 12.7. The highest BCUT2D eigenvalue weighted by Gasteiger charge is 2.26. The van der Waals surface area contributed by atoms with Crippen LogP contribution in [0.1, 0.15) is 18.1 Å². The van der Waals surface area contributed by atoms with E-state index < -0.39 is 6.17 Å². The quantitative estimate of drug-likeness (QED) is 0.767. The van der Waals surface area contributed by atoms with Crippen LogP contribution in [-0.4, -0.2) is 30.7 Å². The summed E-state index contributed by atoms with van der Waals surface area (Å²) in [7, 11) is 0. The molecule has 0 N–H and O–H groups in total. The smallest absolute Gasteiger partial charge is 0.125 e. The number of allylic oxidation sites excluding steroid dienone is 1. The molecule has 2 rings (SSSR count). The number of benzene rings is 1. The van der Waals surface area contributed by atoms with Gasteiger partial charge in [-0.2, -0.15) is 0 Å². The zero-order chi connectivity index (χ0) is 12.4. The third-order valence-corrected chi connectivity index (χ3v) is 3.09. The molecule has 0 bridgehead atoms. The Morgan fingerprint density at radius 2 is 1.88 bits per heavy atom. The first-order valence-electron chi connectivity index (χ1n) is 5.87. The molecular formula is C15H18FN. The Balaban J connectivity index is 2.11. The molecule has 1 heterocycles. The maximum Gasteiger partial charge on any atom is 0.125 e. The van der Waals surface area contributed by atoms with E-state index in [0.29, 0.717) is 13.1 Å². The Hall–Kier alpha value is -1.41. The van der Waals surface area contributed by atoms with Gasteiger partial charge in [-0.3, -0.25) is 4.90 Å². The number of nitrogens with zero attached hydrogens (tertiary/aromatic N) is 1. The SMILES string of the molecule is C=C(C)c1ccccc1C(=C)CN1CC(F)C1. The van der Waals surface area contributed by atoms with Crippen molar-refractivity contribution in [2.24, 2.45) is 0 Å². The van der Waals surface area contributed by atoms with Crippen LogP contribution in [-0.2, 0) is 0 Å². The highest BCUT2D eigenvalue weighted by Crippen LogP contribution is 2.25. The molecule has 1 fully saturated rings. The molecule has 0 aromatic heterocycles. The van der Waals surface area contributed by atoms with Gasteiger partial charge in [0.15, 0.2) is 0 Å². The van der Waals surface area contributed by atoms with Crippen molar-refractivity contribution < 1.29 is 4.39 Å². The van der Waals surface area contributed by atoms with Crippen molar-refractivity contribution >= 4 is 11.1 Å². The first kappa shape index (κ1) is 12.1. The van der Waals surface area contributed by atoms with Gasteiger partial charge in [-0.1, -0.05) is 43.0 Å². The minimum atomic E-state index is -0.654. The fraction of sp³-hybridized carbons (Fsp3) is 0.333. The van der Waals surface area contributed by atoms with Gasteiger partial charge < -0.3 is 0 Å². The van der Waals surface area contributed by atoms with Crippen molar-refractivity contribution in [1.82, 2.24) is 4.90 Å². The summed E-state index contributed by atoms with van der Waals surface area (Å²) in [5, 5.41) is 0. The molecular weight excluding hydrogens is 213 g/mol. The minimum absolute atomic E-state index is 0.536. The predicted octanol–water partition coefficient (Wildman–Crippen LogP) is 3.39. The summed E-state index contributed by atoms with van der Waals surface area (Å²) in [4.78, 5) is 2.07. The van der Waals surface area contributed by atoms with Crippen LogP contribution in [0.15, 0.2) is 37.4 Å². The molecule has 0 spiro atoms. The topological polar surface area (TPSA) is 3.24 Å². The van der Waals surface area contributed by atoms with Crippen LogP contribution >= 0.6 is 0 Å². The Morgan fingerprint density at radius 3 is 2.41 bits per heavy atom. The van der Waals surface area contributed by atoms with E-state index in [1.165, 1.54) is 0 Å². The van der Waals surface area contributed by atoms with Crippen LogP contribution in [0.3, 0.4) is 0 Å². The second-order valence-electron chi connectivity index (χ2n) is 4.72. The normalized spacial score (nSPS) is 16.6. The third kappa shape index (κ3) is 2.64. The molecule has 0 amide bonds. The molecule has 1 aromatic rings. The lowest BCUT2D eigenvalue weighted by Crippen LogP contribution is -2.48. The number of alkyl halides is 1. The van der Waals surface area contributed by atoms with Gasteiger partial charge in [0.05, 0.1) is 0 Å². The maximum atomic E-state index is 12.7. The van der Waals surface area contributed by atoms with Crippen LogP contribution < -0.4 is 0 Å². The second kappa shape index (κ2) is 4.84. The fourth-order valence-corrected chi connectivity index (χ4v) is 2.15. The lowest BCUT2D eigenvalue weighted by Gasteiger charge is -2.35. The van der Waals surface area contributed by atoms with Crippen LogP contribution in [0.5, 0.6) is 0 Å². The molecule has 0 aliphatic carbocycles. The van der Waals surface area contributed by atoms with Gasteiger partial charge >= 0.3 is 0 Å². The van der Waals surface area contributed by atoms with Crippen molar-refractivity contribution in [1.29, 1.82) is 0 Å². The molecule has 17 heavy (non-hydrogen) atoms. The summed E-state index contributed by atoms with van der Waals surface area (Å²) in [5.74, 6) is 0. The lowest BCUT2D eigenvalue weighted by atomic mass is 9.96. The van der Waals surface area contributed by atoms with Gasteiger partial charge in [-0.25, -0.2) is 4.39 Å². The van der Waals surface area contributed by atoms with Crippen molar-refractivity contribution in [3.05, 3.63) is 48.6 Å². The number of likely N-dealkylation sites (tertiary alicyclic amines) is 1. The standard InChI is InChI=1S/C15H18FN/c1-11(2)14-6-4-5-7-15(14)12(3)8-17-9-13(16)10-17/h4-7,13H,1,3,8-10H2,2H3. The molecule has 90 valence electrons. The monoisotopic (exact) mass is 231 g/mol. The van der Waals surface area contributed by atoms with Crippen LogP contribution in [0.2, 0.25) is 0 Å². The largest absolute Gasteiger partial charge is 0.293 e. The highest BCUT2D eigenvalue weighted by atomic mass is 19.1. The molecule has 0 unspecified atom stereocenters. The number of hydrogen-bond donors (Lipinski definition) is 0. The summed E-state index contributed by atoms with van der Waals surface area (Å²) in [6.45, 7) is 11.9. The summed E-state index contributed by atoms with van der Waals surface area (Å²) in [6, 6.07) is 8.11.